The van der Waals surface area contributed by atoms with Crippen molar-refractivity contribution in [3.63, 3.8) is 0 Å². The Morgan fingerprint density at radius 1 is 0.418 bits per heavy atom. The van der Waals surface area contributed by atoms with Gasteiger partial charge in [-0.15, -0.1) is 0 Å². The molecule has 336 valence electrons. The molecule has 67 heavy (non-hydrogen) atoms. The number of ether oxygens (including phenoxy) is 4. The summed E-state index contributed by atoms with van der Waals surface area (Å²) in [4.78, 5) is 52.1. The lowest BCUT2D eigenvalue weighted by Gasteiger charge is -2.14. The van der Waals surface area contributed by atoms with Crippen LogP contribution >= 0.6 is 0 Å². The number of esters is 2. The van der Waals surface area contributed by atoms with Crippen LogP contribution in [0.3, 0.4) is 0 Å². The molecule has 4 N–H and O–H groups in total. The molecule has 0 spiro atoms. The van der Waals surface area contributed by atoms with Crippen molar-refractivity contribution >= 4 is 45.3 Å². The fraction of sp³-hybridized carbons (Fsp3) is 0.127. The molecule has 0 saturated carbocycles. The molecule has 2 amide bonds. The summed E-state index contributed by atoms with van der Waals surface area (Å²) in [6.45, 7) is -0.166. The van der Waals surface area contributed by atoms with Crippen molar-refractivity contribution in [2.75, 3.05) is 26.3 Å². The molecule has 0 aliphatic heterocycles. The Balaban J connectivity index is 0.815. The minimum absolute atomic E-state index is 0.0281. The first-order valence-corrected chi connectivity index (χ1v) is 21.7. The molecule has 0 aliphatic rings. The van der Waals surface area contributed by atoms with Gasteiger partial charge in [0.25, 0.3) is 11.8 Å². The van der Waals surface area contributed by atoms with Crippen molar-refractivity contribution in [3.8, 4) is 34.5 Å². The largest absolute Gasteiger partial charge is 0.506 e. The number of carbonyl (C=O) groups excluding carboxylic acids is 4. The first-order chi connectivity index (χ1) is 32.7. The van der Waals surface area contributed by atoms with Gasteiger partial charge in [0.2, 0.25) is 0 Å². The maximum Gasteiger partial charge on any atom is 0.349 e. The SMILES string of the molecule is O=C(COc1cc(C(=O)NCCc2ccccc2)c(O)c2ccccc12)Oc1ccc(Cc2ccc(OC(=O)COc3cc(C(=O)NCCc4ccccc4)c(O)c4ccccc34)cc2)cc1. The number of phenols is 2. The maximum absolute atomic E-state index is 13.1. The highest BCUT2D eigenvalue weighted by Crippen LogP contribution is 2.37. The van der Waals surface area contributed by atoms with Crippen LogP contribution in [0.1, 0.15) is 43.0 Å². The Kier molecular flexibility index (Phi) is 14.3. The van der Waals surface area contributed by atoms with E-state index in [9.17, 15) is 29.4 Å². The lowest BCUT2D eigenvalue weighted by atomic mass is 10.0. The highest BCUT2D eigenvalue weighted by molar-refractivity contribution is 6.07. The average molecular weight is 895 g/mol. The number of benzene rings is 8. The summed E-state index contributed by atoms with van der Waals surface area (Å²) in [6.07, 6.45) is 1.78. The van der Waals surface area contributed by atoms with Gasteiger partial charge < -0.3 is 39.8 Å². The van der Waals surface area contributed by atoms with Crippen molar-refractivity contribution in [2.24, 2.45) is 0 Å². The molecule has 0 atom stereocenters. The van der Waals surface area contributed by atoms with Gasteiger partial charge in [0.15, 0.2) is 13.2 Å². The average Bonchev–Trinajstić information content (AvgIpc) is 3.35. The van der Waals surface area contributed by atoms with Crippen LogP contribution in [0.4, 0.5) is 0 Å². The third kappa shape index (κ3) is 11.6. The molecule has 12 heteroatoms. The zero-order valence-corrected chi connectivity index (χ0v) is 36.3. The van der Waals surface area contributed by atoms with Gasteiger partial charge in [-0.05, 0) is 77.9 Å². The van der Waals surface area contributed by atoms with E-state index in [0.717, 1.165) is 22.3 Å². The van der Waals surface area contributed by atoms with Gasteiger partial charge in [-0.3, -0.25) is 9.59 Å². The summed E-state index contributed by atoms with van der Waals surface area (Å²) in [5.74, 6) is -1.50. The minimum atomic E-state index is -0.659. The first kappa shape index (κ1) is 44.9. The molecule has 0 unspecified atom stereocenters. The fourth-order valence-electron chi connectivity index (χ4n) is 7.54. The third-order valence-electron chi connectivity index (χ3n) is 10.9. The van der Waals surface area contributed by atoms with E-state index in [4.69, 9.17) is 18.9 Å². The Morgan fingerprint density at radius 2 is 0.776 bits per heavy atom. The molecule has 0 fully saturated rings. The highest BCUT2D eigenvalue weighted by Gasteiger charge is 2.21. The van der Waals surface area contributed by atoms with Crippen molar-refractivity contribution < 1.29 is 48.3 Å². The van der Waals surface area contributed by atoms with Gasteiger partial charge in [0.05, 0.1) is 11.1 Å². The number of fused-ring (bicyclic) bond motifs is 2. The van der Waals surface area contributed by atoms with Crippen LogP contribution in [0, 0.1) is 0 Å². The second-order valence-electron chi connectivity index (χ2n) is 15.6. The third-order valence-corrected chi connectivity index (χ3v) is 10.9. The Hall–Kier alpha value is -8.64. The smallest absolute Gasteiger partial charge is 0.349 e. The Labute approximate surface area is 386 Å². The number of aromatic hydroxyl groups is 2. The van der Waals surface area contributed by atoms with E-state index < -0.39 is 37.0 Å². The Bertz CT molecular complexity index is 2820. The molecular formula is C55H46N2O10. The summed E-state index contributed by atoms with van der Waals surface area (Å²) >= 11 is 0. The van der Waals surface area contributed by atoms with E-state index >= 15 is 0 Å². The molecule has 0 aromatic heterocycles. The highest BCUT2D eigenvalue weighted by atomic mass is 16.6. The lowest BCUT2D eigenvalue weighted by molar-refractivity contribution is -0.137. The van der Waals surface area contributed by atoms with E-state index in [-0.39, 0.29) is 34.1 Å². The number of phenolic OH excluding ortho intramolecular Hbond substituents is 2. The molecule has 0 saturated heterocycles. The quantitative estimate of drug-likeness (QED) is 0.0482. The lowest BCUT2D eigenvalue weighted by Crippen LogP contribution is -2.26. The predicted molar refractivity (Wildman–Crippen MR) is 254 cm³/mol. The van der Waals surface area contributed by atoms with Gasteiger partial charge in [0.1, 0.15) is 34.5 Å². The number of rotatable bonds is 18. The van der Waals surface area contributed by atoms with E-state index in [1.165, 1.54) is 12.1 Å². The standard InChI is InChI=1S/C55H46N2O10/c58-50(34-64-48-32-46(52(60)44-17-9-7-15-42(44)48)54(62)56-29-27-36-11-3-1-4-12-36)66-40-23-19-38(20-24-40)31-39-21-25-41(26-22-39)67-51(59)35-65-49-33-47(53(61)45-18-10-8-16-43(45)49)55(63)57-30-28-37-13-5-2-6-14-37/h1-26,32-33,60-61H,27-31,34-35H2,(H,56,62)(H,57,63). The van der Waals surface area contributed by atoms with Gasteiger partial charge in [0, 0.05) is 34.6 Å². The number of carbonyl (C=O) groups is 4. The molecule has 0 aliphatic carbocycles. The zero-order chi connectivity index (χ0) is 46.5. The second-order valence-corrected chi connectivity index (χ2v) is 15.6. The maximum atomic E-state index is 13.1. The molecule has 0 radical (unpaired) electrons. The Morgan fingerprint density at radius 3 is 1.16 bits per heavy atom. The van der Waals surface area contributed by atoms with Crippen LogP contribution in [0.2, 0.25) is 0 Å². The van der Waals surface area contributed by atoms with E-state index in [1.54, 1.807) is 72.8 Å². The van der Waals surface area contributed by atoms with Crippen LogP contribution in [-0.4, -0.2) is 60.3 Å². The van der Waals surface area contributed by atoms with Crippen LogP contribution in [0.15, 0.2) is 170 Å². The van der Waals surface area contributed by atoms with Crippen LogP contribution in [-0.2, 0) is 28.9 Å². The van der Waals surface area contributed by atoms with Crippen LogP contribution in [0.5, 0.6) is 34.5 Å². The van der Waals surface area contributed by atoms with Gasteiger partial charge >= 0.3 is 11.9 Å². The summed E-state index contributed by atoms with van der Waals surface area (Å²) in [5.41, 5.74) is 4.06. The van der Waals surface area contributed by atoms with Crippen molar-refractivity contribution in [1.29, 1.82) is 0 Å². The van der Waals surface area contributed by atoms with Crippen molar-refractivity contribution in [3.05, 3.63) is 203 Å². The number of amides is 2. The number of hydrogen-bond acceptors (Lipinski definition) is 10. The van der Waals surface area contributed by atoms with Crippen molar-refractivity contribution in [1.82, 2.24) is 10.6 Å². The molecular weight excluding hydrogens is 849 g/mol. The molecule has 8 rings (SSSR count). The summed E-state index contributed by atoms with van der Waals surface area (Å²) in [7, 11) is 0. The fourth-order valence-corrected chi connectivity index (χ4v) is 7.54. The van der Waals surface area contributed by atoms with Crippen LogP contribution in [0.25, 0.3) is 21.5 Å². The van der Waals surface area contributed by atoms with Gasteiger partial charge in [-0.25, -0.2) is 9.59 Å². The monoisotopic (exact) mass is 894 g/mol. The summed E-state index contributed by atoms with van der Waals surface area (Å²) in [6, 6.07) is 50.2. The molecule has 0 heterocycles. The number of hydrogen-bond donors (Lipinski definition) is 4. The first-order valence-electron chi connectivity index (χ1n) is 21.7. The van der Waals surface area contributed by atoms with Gasteiger partial charge in [-0.2, -0.15) is 0 Å². The molecule has 0 bridgehead atoms. The van der Waals surface area contributed by atoms with Gasteiger partial charge in [-0.1, -0.05) is 133 Å². The predicted octanol–water partition coefficient (Wildman–Crippen LogP) is 8.91. The molecule has 8 aromatic rings. The minimum Gasteiger partial charge on any atom is -0.506 e. The molecule has 8 aromatic carbocycles. The topological polar surface area (TPSA) is 170 Å². The normalized spacial score (nSPS) is 10.9. The van der Waals surface area contributed by atoms with Crippen molar-refractivity contribution in [2.45, 2.75) is 19.3 Å². The summed E-state index contributed by atoms with van der Waals surface area (Å²) < 4.78 is 22.8. The van der Waals surface area contributed by atoms with E-state index in [2.05, 4.69) is 10.6 Å². The van der Waals surface area contributed by atoms with E-state index in [0.29, 0.717) is 65.4 Å². The second kappa shape index (κ2) is 21.4. The zero-order valence-electron chi connectivity index (χ0n) is 36.3. The van der Waals surface area contributed by atoms with Crippen LogP contribution < -0.4 is 29.6 Å². The molecule has 12 nitrogen and oxygen atoms in total. The number of nitrogens with one attached hydrogen (secondary N) is 2. The van der Waals surface area contributed by atoms with E-state index in [1.807, 2.05) is 84.9 Å². The summed E-state index contributed by atoms with van der Waals surface area (Å²) in [5, 5.41) is 29.5.